The molecule has 1 rings (SSSR count). The third-order valence-corrected chi connectivity index (χ3v) is 3.07. The van der Waals surface area contributed by atoms with Crippen LogP contribution in [0.4, 0.5) is 4.39 Å². The van der Waals surface area contributed by atoms with Gasteiger partial charge in [-0.1, -0.05) is 18.5 Å². The van der Waals surface area contributed by atoms with Gasteiger partial charge in [-0.3, -0.25) is 4.79 Å². The Morgan fingerprint density at radius 1 is 1.50 bits per heavy atom. The minimum Gasteiger partial charge on any atom is -0.482 e. The third-order valence-electron chi connectivity index (χ3n) is 2.78. The first-order valence-electron chi connectivity index (χ1n) is 5.93. The van der Waals surface area contributed by atoms with Crippen LogP contribution in [0.25, 0.3) is 0 Å². The third kappa shape index (κ3) is 4.09. The number of carboxylic acid groups (broad SMARTS) is 1. The van der Waals surface area contributed by atoms with E-state index in [2.05, 4.69) is 0 Å². The molecule has 1 amide bonds. The van der Waals surface area contributed by atoms with E-state index in [9.17, 15) is 14.0 Å². The first-order valence-corrected chi connectivity index (χ1v) is 6.31. The monoisotopic (exact) mass is 303 g/mol. The molecule has 1 aromatic rings. The molecule has 0 radical (unpaired) electrons. The second-order valence-electron chi connectivity index (χ2n) is 4.13. The second-order valence-corrected chi connectivity index (χ2v) is 4.54. The molecule has 0 saturated heterocycles. The Morgan fingerprint density at radius 3 is 2.65 bits per heavy atom. The number of benzene rings is 1. The molecule has 20 heavy (non-hydrogen) atoms. The molecule has 0 aromatic heterocycles. The molecule has 0 fully saturated rings. The number of hydrogen-bond donors (Lipinski definition) is 1. The number of halogens is 2. The Kier molecular flexibility index (Phi) is 5.76. The van der Waals surface area contributed by atoms with Crippen LogP contribution >= 0.6 is 11.6 Å². The van der Waals surface area contributed by atoms with E-state index in [1.807, 2.05) is 0 Å². The van der Waals surface area contributed by atoms with E-state index >= 15 is 0 Å². The minimum atomic E-state index is -1.08. The minimum absolute atomic E-state index is 0.0470. The van der Waals surface area contributed by atoms with Gasteiger partial charge in [0.05, 0.1) is 5.02 Å². The summed E-state index contributed by atoms with van der Waals surface area (Å²) in [5, 5.41) is 9.00. The van der Waals surface area contributed by atoms with E-state index in [0.29, 0.717) is 0 Å². The average Bonchev–Trinajstić information content (AvgIpc) is 2.37. The van der Waals surface area contributed by atoms with Gasteiger partial charge in [-0.05, 0) is 24.6 Å². The summed E-state index contributed by atoms with van der Waals surface area (Å²) in [6.07, 6.45) is 0.287. The number of nitrogens with zero attached hydrogens (tertiary/aromatic N) is 1. The van der Waals surface area contributed by atoms with Crippen LogP contribution in [0, 0.1) is 5.82 Å². The van der Waals surface area contributed by atoms with E-state index in [1.165, 1.54) is 13.1 Å². The van der Waals surface area contributed by atoms with Gasteiger partial charge in [0.1, 0.15) is 17.6 Å². The van der Waals surface area contributed by atoms with E-state index < -0.39 is 23.7 Å². The molecular formula is C13H15ClFNO4. The van der Waals surface area contributed by atoms with E-state index in [1.54, 1.807) is 6.92 Å². The Balaban J connectivity index is 2.65. The summed E-state index contributed by atoms with van der Waals surface area (Å²) in [7, 11) is 1.39. The number of carbonyl (C=O) groups is 2. The number of carbonyl (C=O) groups excluding carboxylic acids is 1. The van der Waals surface area contributed by atoms with Crippen LogP contribution < -0.4 is 4.74 Å². The summed E-state index contributed by atoms with van der Waals surface area (Å²) in [6.45, 7) is 1.30. The van der Waals surface area contributed by atoms with Crippen molar-refractivity contribution in [2.45, 2.75) is 19.4 Å². The first kappa shape index (κ1) is 16.2. The molecule has 0 bridgehead atoms. The van der Waals surface area contributed by atoms with E-state index in [-0.39, 0.29) is 23.8 Å². The maximum absolute atomic E-state index is 12.8. The Morgan fingerprint density at radius 2 is 2.15 bits per heavy atom. The summed E-state index contributed by atoms with van der Waals surface area (Å²) in [5.41, 5.74) is 0. The lowest BCUT2D eigenvalue weighted by atomic mass is 10.2. The van der Waals surface area contributed by atoms with Gasteiger partial charge in [-0.25, -0.2) is 9.18 Å². The Labute approximate surface area is 120 Å². The van der Waals surface area contributed by atoms with Crippen molar-refractivity contribution in [2.24, 2.45) is 0 Å². The zero-order chi connectivity index (χ0) is 15.3. The van der Waals surface area contributed by atoms with E-state index in [0.717, 1.165) is 17.0 Å². The van der Waals surface area contributed by atoms with Gasteiger partial charge in [0, 0.05) is 7.05 Å². The summed E-state index contributed by atoms with van der Waals surface area (Å²) >= 11 is 5.75. The van der Waals surface area contributed by atoms with Crippen molar-refractivity contribution < 1.29 is 23.8 Å². The van der Waals surface area contributed by atoms with Gasteiger partial charge in [0.15, 0.2) is 6.61 Å². The predicted molar refractivity (Wildman–Crippen MR) is 71.4 cm³/mol. The van der Waals surface area contributed by atoms with Crippen molar-refractivity contribution in [1.29, 1.82) is 0 Å². The molecule has 7 heteroatoms. The van der Waals surface area contributed by atoms with Crippen molar-refractivity contribution in [3.05, 3.63) is 29.0 Å². The fourth-order valence-corrected chi connectivity index (χ4v) is 1.84. The summed E-state index contributed by atoms with van der Waals surface area (Å²) in [5.74, 6) is -1.93. The Hall–Kier alpha value is -1.82. The summed E-state index contributed by atoms with van der Waals surface area (Å²) < 4.78 is 18.0. The number of ether oxygens (including phenoxy) is 1. The lowest BCUT2D eigenvalue weighted by molar-refractivity contribution is -0.149. The van der Waals surface area contributed by atoms with E-state index in [4.69, 9.17) is 21.4 Å². The molecule has 0 aliphatic carbocycles. The summed E-state index contributed by atoms with van der Waals surface area (Å²) in [4.78, 5) is 23.9. The molecule has 1 aromatic carbocycles. The lowest BCUT2D eigenvalue weighted by Gasteiger charge is -2.23. The maximum atomic E-state index is 12.8. The van der Waals surface area contributed by atoms with Crippen molar-refractivity contribution in [3.63, 3.8) is 0 Å². The highest BCUT2D eigenvalue weighted by molar-refractivity contribution is 6.32. The fraction of sp³-hybridized carbons (Fsp3) is 0.385. The highest BCUT2D eigenvalue weighted by Crippen LogP contribution is 2.24. The average molecular weight is 304 g/mol. The first-order chi connectivity index (χ1) is 9.36. The zero-order valence-corrected chi connectivity index (χ0v) is 11.9. The SMILES string of the molecule is CCC(C(=O)O)N(C)C(=O)COc1ccc(F)cc1Cl. The van der Waals surface area contributed by atoms with Crippen molar-refractivity contribution in [1.82, 2.24) is 4.90 Å². The molecule has 1 N–H and O–H groups in total. The highest BCUT2D eigenvalue weighted by atomic mass is 35.5. The number of amides is 1. The van der Waals surface area contributed by atoms with Crippen LogP contribution in [0.15, 0.2) is 18.2 Å². The standard InChI is InChI=1S/C13H15ClFNO4/c1-3-10(13(18)19)16(2)12(17)7-20-11-5-4-8(15)6-9(11)14/h4-6,10H,3,7H2,1-2H3,(H,18,19). The van der Waals surface area contributed by atoms with Crippen LogP contribution in [-0.2, 0) is 9.59 Å². The highest BCUT2D eigenvalue weighted by Gasteiger charge is 2.24. The Bertz CT molecular complexity index is 509. The molecule has 110 valence electrons. The quantitative estimate of drug-likeness (QED) is 0.874. The van der Waals surface area contributed by atoms with Crippen LogP contribution in [0.2, 0.25) is 5.02 Å². The van der Waals surface area contributed by atoms with Gasteiger partial charge in [-0.2, -0.15) is 0 Å². The molecule has 0 saturated carbocycles. The van der Waals surface area contributed by atoms with Crippen LogP contribution in [-0.4, -0.2) is 41.6 Å². The predicted octanol–water partition coefficient (Wildman–Crippen LogP) is 2.18. The van der Waals surface area contributed by atoms with Gasteiger partial charge >= 0.3 is 5.97 Å². The second kappa shape index (κ2) is 7.09. The lowest BCUT2D eigenvalue weighted by Crippen LogP contribution is -2.44. The maximum Gasteiger partial charge on any atom is 0.326 e. The van der Waals surface area contributed by atoms with Crippen LogP contribution in [0.5, 0.6) is 5.75 Å². The summed E-state index contributed by atoms with van der Waals surface area (Å²) in [6, 6.07) is 2.62. The number of hydrogen-bond acceptors (Lipinski definition) is 3. The number of rotatable bonds is 6. The molecule has 0 spiro atoms. The zero-order valence-electron chi connectivity index (χ0n) is 11.1. The topological polar surface area (TPSA) is 66.8 Å². The van der Waals surface area contributed by atoms with Crippen molar-refractivity contribution >= 4 is 23.5 Å². The van der Waals surface area contributed by atoms with Gasteiger partial charge in [-0.15, -0.1) is 0 Å². The molecule has 1 atom stereocenters. The molecule has 0 aliphatic heterocycles. The largest absolute Gasteiger partial charge is 0.482 e. The normalized spacial score (nSPS) is 11.8. The molecule has 5 nitrogen and oxygen atoms in total. The number of aliphatic carboxylic acids is 1. The number of likely N-dealkylation sites (N-methyl/N-ethyl adjacent to an activating group) is 1. The smallest absolute Gasteiger partial charge is 0.326 e. The van der Waals surface area contributed by atoms with Crippen LogP contribution in [0.3, 0.4) is 0 Å². The van der Waals surface area contributed by atoms with Crippen molar-refractivity contribution in [3.8, 4) is 5.75 Å². The fourth-order valence-electron chi connectivity index (χ4n) is 1.62. The van der Waals surface area contributed by atoms with Gasteiger partial charge in [0.2, 0.25) is 0 Å². The molecular weight excluding hydrogens is 289 g/mol. The molecule has 0 heterocycles. The van der Waals surface area contributed by atoms with Crippen molar-refractivity contribution in [2.75, 3.05) is 13.7 Å². The van der Waals surface area contributed by atoms with Crippen LogP contribution in [0.1, 0.15) is 13.3 Å². The molecule has 1 unspecified atom stereocenters. The number of carboxylic acids is 1. The molecule has 0 aliphatic rings. The van der Waals surface area contributed by atoms with Gasteiger partial charge in [0.25, 0.3) is 5.91 Å². The van der Waals surface area contributed by atoms with Gasteiger partial charge < -0.3 is 14.7 Å².